The maximum atomic E-state index is 12.7. The molecule has 7 nitrogen and oxygen atoms in total. The molecule has 0 unspecified atom stereocenters. The van der Waals surface area contributed by atoms with Crippen LogP contribution in [0.2, 0.25) is 0 Å². The molecule has 2 aliphatic heterocycles. The van der Waals surface area contributed by atoms with Gasteiger partial charge in [-0.1, -0.05) is 6.07 Å². The maximum Gasteiger partial charge on any atom is 0.321 e. The lowest BCUT2D eigenvalue weighted by atomic mass is 9.97. The molecule has 2 fully saturated rings. The van der Waals surface area contributed by atoms with Crippen molar-refractivity contribution >= 4 is 17.6 Å². The summed E-state index contributed by atoms with van der Waals surface area (Å²) in [5, 5.41) is 3.01. The summed E-state index contributed by atoms with van der Waals surface area (Å²) in [6, 6.07) is 5.97. The summed E-state index contributed by atoms with van der Waals surface area (Å²) in [5.41, 5.74) is 3.53. The van der Waals surface area contributed by atoms with Gasteiger partial charge in [-0.15, -0.1) is 0 Å². The topological polar surface area (TPSA) is 78.7 Å². The summed E-state index contributed by atoms with van der Waals surface area (Å²) >= 11 is 0. The molecule has 7 heteroatoms. The summed E-state index contributed by atoms with van der Waals surface area (Å²) in [7, 11) is 0. The Morgan fingerprint density at radius 1 is 0.967 bits per heavy atom. The zero-order valence-corrected chi connectivity index (χ0v) is 18.0. The van der Waals surface area contributed by atoms with Crippen LogP contribution >= 0.6 is 0 Å². The van der Waals surface area contributed by atoms with Gasteiger partial charge in [-0.2, -0.15) is 0 Å². The molecular formula is C23H30N4O3. The summed E-state index contributed by atoms with van der Waals surface area (Å²) < 4.78 is 5.87. The van der Waals surface area contributed by atoms with E-state index in [0.717, 1.165) is 55.6 Å². The number of oxazole rings is 1. The van der Waals surface area contributed by atoms with Gasteiger partial charge in [0, 0.05) is 37.8 Å². The van der Waals surface area contributed by atoms with Crippen molar-refractivity contribution < 1.29 is 14.0 Å². The highest BCUT2D eigenvalue weighted by molar-refractivity contribution is 5.93. The predicted octanol–water partition coefficient (Wildman–Crippen LogP) is 4.25. The molecule has 0 aliphatic carbocycles. The van der Waals surface area contributed by atoms with Crippen molar-refractivity contribution in [3.05, 3.63) is 46.7 Å². The molecule has 0 bridgehead atoms. The number of nitrogens with one attached hydrogen (secondary N) is 1. The highest BCUT2D eigenvalue weighted by Crippen LogP contribution is 2.30. The Morgan fingerprint density at radius 3 is 2.23 bits per heavy atom. The molecule has 0 saturated carbocycles. The molecule has 30 heavy (non-hydrogen) atoms. The van der Waals surface area contributed by atoms with Gasteiger partial charge >= 0.3 is 6.03 Å². The second kappa shape index (κ2) is 8.50. The zero-order valence-electron chi connectivity index (χ0n) is 18.0. The highest BCUT2D eigenvalue weighted by atomic mass is 16.4. The summed E-state index contributed by atoms with van der Waals surface area (Å²) in [6.07, 6.45) is 3.66. The Balaban J connectivity index is 1.35. The number of anilines is 1. The number of urea groups is 1. The third-order valence-corrected chi connectivity index (χ3v) is 6.01. The molecule has 1 aromatic carbocycles. The third kappa shape index (κ3) is 4.35. The van der Waals surface area contributed by atoms with Crippen molar-refractivity contribution in [2.75, 3.05) is 31.5 Å². The Hall–Kier alpha value is -2.83. The summed E-state index contributed by atoms with van der Waals surface area (Å²) in [6.45, 7) is 8.73. The molecular weight excluding hydrogens is 380 g/mol. The quantitative estimate of drug-likeness (QED) is 0.821. The minimum atomic E-state index is -0.0769. The number of piperidine rings is 1. The van der Waals surface area contributed by atoms with Crippen molar-refractivity contribution in [1.82, 2.24) is 14.8 Å². The number of hydrogen-bond donors (Lipinski definition) is 1. The lowest BCUT2D eigenvalue weighted by Crippen LogP contribution is -2.40. The van der Waals surface area contributed by atoms with Crippen LogP contribution in [0.25, 0.3) is 0 Å². The molecule has 2 aromatic rings. The van der Waals surface area contributed by atoms with E-state index in [1.807, 2.05) is 42.7 Å². The first-order valence-electron chi connectivity index (χ1n) is 10.8. The SMILES string of the molecule is Cc1cc(C)cc(NC(=O)N2CCC(c3nc(C(=O)N4CCCC4)c(C)o3)CC2)c1. The molecule has 0 spiro atoms. The zero-order chi connectivity index (χ0) is 21.3. The van der Waals surface area contributed by atoms with Gasteiger partial charge < -0.3 is 19.5 Å². The van der Waals surface area contributed by atoms with Crippen LogP contribution in [0.1, 0.15) is 64.9 Å². The molecule has 3 heterocycles. The first-order chi connectivity index (χ1) is 14.4. The van der Waals surface area contributed by atoms with Gasteiger partial charge in [-0.05, 0) is 69.7 Å². The largest absolute Gasteiger partial charge is 0.445 e. The smallest absolute Gasteiger partial charge is 0.321 e. The van der Waals surface area contributed by atoms with Crippen molar-refractivity contribution in [2.24, 2.45) is 0 Å². The first kappa shape index (κ1) is 20.4. The van der Waals surface area contributed by atoms with Crippen LogP contribution in [-0.2, 0) is 0 Å². The maximum absolute atomic E-state index is 12.7. The minimum absolute atomic E-state index is 0.0229. The number of nitrogens with zero attached hydrogens (tertiary/aromatic N) is 3. The van der Waals surface area contributed by atoms with Crippen molar-refractivity contribution in [3.63, 3.8) is 0 Å². The summed E-state index contributed by atoms with van der Waals surface area (Å²) in [5.74, 6) is 1.33. The van der Waals surface area contributed by atoms with Gasteiger partial charge in [0.1, 0.15) is 5.76 Å². The fourth-order valence-electron chi connectivity index (χ4n) is 4.44. The number of carbonyl (C=O) groups is 2. The average molecular weight is 411 g/mol. The Kier molecular flexibility index (Phi) is 5.79. The van der Waals surface area contributed by atoms with Crippen molar-refractivity contribution in [3.8, 4) is 0 Å². The fourth-order valence-corrected chi connectivity index (χ4v) is 4.44. The van der Waals surface area contributed by atoms with Crippen molar-refractivity contribution in [2.45, 2.75) is 52.4 Å². The Bertz CT molecular complexity index is 918. The van der Waals surface area contributed by atoms with E-state index >= 15 is 0 Å². The van der Waals surface area contributed by atoms with Crippen LogP contribution in [0.4, 0.5) is 10.5 Å². The van der Waals surface area contributed by atoms with Crippen LogP contribution < -0.4 is 5.32 Å². The molecule has 3 amide bonds. The van der Waals surface area contributed by atoms with Gasteiger partial charge in [0.05, 0.1) is 0 Å². The van der Waals surface area contributed by atoms with E-state index < -0.39 is 0 Å². The van der Waals surface area contributed by atoms with Gasteiger partial charge in [-0.3, -0.25) is 4.79 Å². The molecule has 2 aliphatic rings. The van der Waals surface area contributed by atoms with Gasteiger partial charge in [-0.25, -0.2) is 9.78 Å². The van der Waals surface area contributed by atoms with E-state index in [-0.39, 0.29) is 17.9 Å². The average Bonchev–Trinajstić information content (AvgIpc) is 3.37. The lowest BCUT2D eigenvalue weighted by molar-refractivity contribution is 0.0786. The molecule has 4 rings (SSSR count). The van der Waals surface area contributed by atoms with Gasteiger partial charge in [0.2, 0.25) is 0 Å². The third-order valence-electron chi connectivity index (χ3n) is 6.01. The van der Waals surface area contributed by atoms with Gasteiger partial charge in [0.25, 0.3) is 5.91 Å². The van der Waals surface area contributed by atoms with E-state index in [1.54, 1.807) is 0 Å². The van der Waals surface area contributed by atoms with E-state index in [9.17, 15) is 9.59 Å². The number of amides is 3. The fraction of sp³-hybridized carbons (Fsp3) is 0.522. The monoisotopic (exact) mass is 410 g/mol. The lowest BCUT2D eigenvalue weighted by Gasteiger charge is -2.30. The number of aromatic nitrogens is 1. The van der Waals surface area contributed by atoms with Crippen LogP contribution in [0.5, 0.6) is 0 Å². The molecule has 1 N–H and O–H groups in total. The van der Waals surface area contributed by atoms with E-state index in [2.05, 4.69) is 16.4 Å². The number of rotatable bonds is 3. The van der Waals surface area contributed by atoms with E-state index in [1.165, 1.54) is 0 Å². The van der Waals surface area contributed by atoms with Crippen LogP contribution in [-0.4, -0.2) is 52.9 Å². The molecule has 160 valence electrons. The second-order valence-electron chi connectivity index (χ2n) is 8.52. The first-order valence-corrected chi connectivity index (χ1v) is 10.8. The molecule has 0 atom stereocenters. The standard InChI is InChI=1S/C23H30N4O3/c1-15-12-16(2)14-19(13-15)24-23(29)27-10-6-18(7-11-27)21-25-20(17(3)30-21)22(28)26-8-4-5-9-26/h12-14,18H,4-11H2,1-3H3,(H,24,29). The minimum Gasteiger partial charge on any atom is -0.445 e. The van der Waals surface area contributed by atoms with E-state index in [4.69, 9.17) is 4.42 Å². The molecule has 2 saturated heterocycles. The number of benzene rings is 1. The van der Waals surface area contributed by atoms with Crippen LogP contribution in [0.3, 0.4) is 0 Å². The normalized spacial score (nSPS) is 17.4. The van der Waals surface area contributed by atoms with Gasteiger partial charge in [0.15, 0.2) is 11.6 Å². The molecule has 0 radical (unpaired) electrons. The Morgan fingerprint density at radius 2 is 1.60 bits per heavy atom. The highest BCUT2D eigenvalue weighted by Gasteiger charge is 2.30. The predicted molar refractivity (Wildman–Crippen MR) is 115 cm³/mol. The summed E-state index contributed by atoms with van der Waals surface area (Å²) in [4.78, 5) is 33.6. The van der Waals surface area contributed by atoms with E-state index in [0.29, 0.717) is 30.4 Å². The molecule has 1 aromatic heterocycles. The van der Waals surface area contributed by atoms with Crippen molar-refractivity contribution in [1.29, 1.82) is 0 Å². The number of hydrogen-bond acceptors (Lipinski definition) is 4. The Labute approximate surface area is 177 Å². The number of likely N-dealkylation sites (tertiary alicyclic amines) is 2. The second-order valence-corrected chi connectivity index (χ2v) is 8.52. The number of aryl methyl sites for hydroxylation is 3. The number of carbonyl (C=O) groups excluding carboxylic acids is 2. The van der Waals surface area contributed by atoms with Crippen LogP contribution in [0.15, 0.2) is 22.6 Å². The van der Waals surface area contributed by atoms with Crippen LogP contribution in [0, 0.1) is 20.8 Å².